The molecule has 0 spiro atoms. The van der Waals surface area contributed by atoms with E-state index in [1.165, 1.54) is 16.8 Å². The average Bonchev–Trinajstić information content (AvgIpc) is 2.39. The first-order chi connectivity index (χ1) is 9.10. The van der Waals surface area contributed by atoms with Gasteiger partial charge in [0, 0.05) is 19.3 Å². The van der Waals surface area contributed by atoms with Gasteiger partial charge in [-0.3, -0.25) is 0 Å². The van der Waals surface area contributed by atoms with Gasteiger partial charge < -0.3 is 15.4 Å². The molecule has 2 rings (SSSR count). The maximum absolute atomic E-state index is 5.93. The monoisotopic (exact) mass is 256 g/mol. The van der Waals surface area contributed by atoms with Crippen LogP contribution in [0.2, 0.25) is 0 Å². The van der Waals surface area contributed by atoms with E-state index < -0.39 is 0 Å². The summed E-state index contributed by atoms with van der Waals surface area (Å²) >= 11 is 0. The minimum absolute atomic E-state index is 0.678. The molecule has 0 saturated heterocycles. The van der Waals surface area contributed by atoms with E-state index in [1.54, 1.807) is 7.11 Å². The third kappa shape index (κ3) is 3.19. The molecule has 0 amide bonds. The molecule has 2 aromatic carbocycles. The lowest BCUT2D eigenvalue weighted by atomic mass is 10.1. The van der Waals surface area contributed by atoms with Crippen molar-refractivity contribution in [3.8, 4) is 5.75 Å². The number of methoxy groups -OCH3 is 1. The maximum Gasteiger partial charge on any atom is 0.141 e. The fraction of sp³-hybridized carbons (Fsp3) is 0.250. The van der Waals surface area contributed by atoms with Crippen molar-refractivity contribution < 1.29 is 4.74 Å². The van der Waals surface area contributed by atoms with Crippen LogP contribution >= 0.6 is 0 Å². The minimum atomic E-state index is 0.678. The number of nitrogens with two attached hydrogens (primary N) is 1. The first kappa shape index (κ1) is 13.3. The standard InChI is InChI=1S/C16H20N2O/c1-12-5-4-6-14(9-12)18(2)11-13-7-8-16(19-3)15(17)10-13/h4-10H,11,17H2,1-3H3. The Morgan fingerprint density at radius 3 is 2.58 bits per heavy atom. The molecule has 0 heterocycles. The van der Waals surface area contributed by atoms with Crippen molar-refractivity contribution in [2.24, 2.45) is 0 Å². The summed E-state index contributed by atoms with van der Waals surface area (Å²) in [6, 6.07) is 14.4. The Morgan fingerprint density at radius 2 is 1.95 bits per heavy atom. The summed E-state index contributed by atoms with van der Waals surface area (Å²) in [7, 11) is 3.71. The van der Waals surface area contributed by atoms with Crippen molar-refractivity contribution in [3.05, 3.63) is 53.6 Å². The summed E-state index contributed by atoms with van der Waals surface area (Å²) in [6.45, 7) is 2.92. The molecule has 2 N–H and O–H groups in total. The molecule has 0 atom stereocenters. The average molecular weight is 256 g/mol. The van der Waals surface area contributed by atoms with Gasteiger partial charge in [-0.15, -0.1) is 0 Å². The fourth-order valence-electron chi connectivity index (χ4n) is 2.11. The number of benzene rings is 2. The summed E-state index contributed by atoms with van der Waals surface area (Å²) in [6.07, 6.45) is 0. The lowest BCUT2D eigenvalue weighted by molar-refractivity contribution is 0.417. The van der Waals surface area contributed by atoms with Crippen molar-refractivity contribution in [2.75, 3.05) is 24.8 Å². The van der Waals surface area contributed by atoms with E-state index in [0.29, 0.717) is 5.69 Å². The maximum atomic E-state index is 5.93. The van der Waals surface area contributed by atoms with E-state index in [2.05, 4.69) is 43.1 Å². The Hall–Kier alpha value is -2.16. The van der Waals surface area contributed by atoms with Crippen LogP contribution in [-0.2, 0) is 6.54 Å². The van der Waals surface area contributed by atoms with Gasteiger partial charge in [0.25, 0.3) is 0 Å². The van der Waals surface area contributed by atoms with Gasteiger partial charge in [-0.2, -0.15) is 0 Å². The molecule has 0 radical (unpaired) electrons. The van der Waals surface area contributed by atoms with Gasteiger partial charge in [0.15, 0.2) is 0 Å². The molecule has 2 aromatic rings. The number of ether oxygens (including phenoxy) is 1. The van der Waals surface area contributed by atoms with Crippen molar-refractivity contribution in [1.82, 2.24) is 0 Å². The van der Waals surface area contributed by atoms with E-state index in [9.17, 15) is 0 Å². The van der Waals surface area contributed by atoms with E-state index in [-0.39, 0.29) is 0 Å². The van der Waals surface area contributed by atoms with Crippen LogP contribution in [-0.4, -0.2) is 14.2 Å². The highest BCUT2D eigenvalue weighted by molar-refractivity contribution is 5.55. The number of hydrogen-bond donors (Lipinski definition) is 1. The van der Waals surface area contributed by atoms with E-state index in [4.69, 9.17) is 10.5 Å². The minimum Gasteiger partial charge on any atom is -0.495 e. The number of anilines is 2. The van der Waals surface area contributed by atoms with Crippen LogP contribution in [0.15, 0.2) is 42.5 Å². The summed E-state index contributed by atoms with van der Waals surface area (Å²) in [5.41, 5.74) is 10.2. The van der Waals surface area contributed by atoms with Gasteiger partial charge >= 0.3 is 0 Å². The predicted molar refractivity (Wildman–Crippen MR) is 80.7 cm³/mol. The summed E-state index contributed by atoms with van der Waals surface area (Å²) < 4.78 is 5.17. The molecule has 0 unspecified atom stereocenters. The SMILES string of the molecule is COc1ccc(CN(C)c2cccc(C)c2)cc1N. The fourth-order valence-corrected chi connectivity index (χ4v) is 2.11. The largest absolute Gasteiger partial charge is 0.495 e. The number of aryl methyl sites for hydroxylation is 1. The smallest absolute Gasteiger partial charge is 0.141 e. The molecule has 0 aliphatic heterocycles. The molecule has 3 heteroatoms. The van der Waals surface area contributed by atoms with Crippen molar-refractivity contribution in [3.63, 3.8) is 0 Å². The zero-order valence-electron chi connectivity index (χ0n) is 11.7. The molecule has 0 aliphatic carbocycles. The molecule has 19 heavy (non-hydrogen) atoms. The zero-order chi connectivity index (χ0) is 13.8. The van der Waals surface area contributed by atoms with Crippen LogP contribution in [0.25, 0.3) is 0 Å². The Bertz CT molecular complexity index is 566. The van der Waals surface area contributed by atoms with Crippen LogP contribution < -0.4 is 15.4 Å². The van der Waals surface area contributed by atoms with Crippen LogP contribution in [0, 0.1) is 6.92 Å². The van der Waals surface area contributed by atoms with Crippen LogP contribution in [0.1, 0.15) is 11.1 Å². The Balaban J connectivity index is 2.14. The van der Waals surface area contributed by atoms with Gasteiger partial charge in [0.05, 0.1) is 12.8 Å². The molecule has 0 aromatic heterocycles. The van der Waals surface area contributed by atoms with E-state index in [0.717, 1.165) is 12.3 Å². The van der Waals surface area contributed by atoms with Crippen molar-refractivity contribution in [2.45, 2.75) is 13.5 Å². The molecular weight excluding hydrogens is 236 g/mol. The summed E-state index contributed by atoms with van der Waals surface area (Å²) in [5, 5.41) is 0. The Morgan fingerprint density at radius 1 is 1.16 bits per heavy atom. The van der Waals surface area contributed by atoms with Gasteiger partial charge in [-0.25, -0.2) is 0 Å². The van der Waals surface area contributed by atoms with Gasteiger partial charge in [0.2, 0.25) is 0 Å². The second-order valence-electron chi connectivity index (χ2n) is 4.77. The number of nitrogen functional groups attached to an aromatic ring is 1. The lowest BCUT2D eigenvalue weighted by Gasteiger charge is -2.20. The summed E-state index contributed by atoms with van der Waals surface area (Å²) in [4.78, 5) is 2.20. The molecule has 0 aliphatic rings. The Kier molecular flexibility index (Phi) is 3.95. The normalized spacial score (nSPS) is 10.3. The van der Waals surface area contributed by atoms with Gasteiger partial charge in [0.1, 0.15) is 5.75 Å². The lowest BCUT2D eigenvalue weighted by Crippen LogP contribution is -2.16. The first-order valence-electron chi connectivity index (χ1n) is 6.30. The predicted octanol–water partition coefficient (Wildman–Crippen LogP) is 3.22. The quantitative estimate of drug-likeness (QED) is 0.854. The molecule has 0 fully saturated rings. The summed E-state index contributed by atoms with van der Waals surface area (Å²) in [5.74, 6) is 0.724. The molecule has 0 saturated carbocycles. The van der Waals surface area contributed by atoms with E-state index in [1.807, 2.05) is 18.2 Å². The number of rotatable bonds is 4. The number of nitrogens with zero attached hydrogens (tertiary/aromatic N) is 1. The topological polar surface area (TPSA) is 38.5 Å². The molecule has 3 nitrogen and oxygen atoms in total. The second-order valence-corrected chi connectivity index (χ2v) is 4.77. The van der Waals surface area contributed by atoms with E-state index >= 15 is 0 Å². The van der Waals surface area contributed by atoms with Crippen LogP contribution in [0.3, 0.4) is 0 Å². The van der Waals surface area contributed by atoms with Gasteiger partial charge in [-0.1, -0.05) is 18.2 Å². The highest BCUT2D eigenvalue weighted by Crippen LogP contribution is 2.24. The van der Waals surface area contributed by atoms with Gasteiger partial charge in [-0.05, 0) is 42.3 Å². The zero-order valence-corrected chi connectivity index (χ0v) is 11.7. The van der Waals surface area contributed by atoms with Crippen molar-refractivity contribution in [1.29, 1.82) is 0 Å². The molecular formula is C16H20N2O. The number of hydrogen-bond acceptors (Lipinski definition) is 3. The van der Waals surface area contributed by atoms with Crippen molar-refractivity contribution >= 4 is 11.4 Å². The highest BCUT2D eigenvalue weighted by atomic mass is 16.5. The third-order valence-corrected chi connectivity index (χ3v) is 3.16. The molecule has 100 valence electrons. The molecule has 0 bridgehead atoms. The third-order valence-electron chi connectivity index (χ3n) is 3.16. The van der Waals surface area contributed by atoms with Crippen LogP contribution in [0.4, 0.5) is 11.4 Å². The van der Waals surface area contributed by atoms with Crippen LogP contribution in [0.5, 0.6) is 5.75 Å². The second kappa shape index (κ2) is 5.65. The highest BCUT2D eigenvalue weighted by Gasteiger charge is 2.05. The first-order valence-corrected chi connectivity index (χ1v) is 6.30. The Labute approximate surface area is 114 Å².